The predicted molar refractivity (Wildman–Crippen MR) is 75.7 cm³/mol. The minimum atomic E-state index is 0.359. The maximum Gasteiger partial charge on any atom is 0.170 e. The minimum absolute atomic E-state index is 0.359. The van der Waals surface area contributed by atoms with E-state index < -0.39 is 0 Å². The Morgan fingerprint density at radius 1 is 1.30 bits per heavy atom. The van der Waals surface area contributed by atoms with E-state index in [0.717, 1.165) is 24.5 Å². The molecule has 1 aromatic carbocycles. The number of methoxy groups -OCH3 is 1. The number of benzene rings is 1. The van der Waals surface area contributed by atoms with Gasteiger partial charge in [-0.3, -0.25) is 0 Å². The van der Waals surface area contributed by atoms with Crippen molar-refractivity contribution in [2.45, 2.75) is 20.1 Å². The van der Waals surface area contributed by atoms with Gasteiger partial charge in [0, 0.05) is 13.6 Å². The molecule has 1 heterocycles. The van der Waals surface area contributed by atoms with Crippen LogP contribution in [0.2, 0.25) is 0 Å². The summed E-state index contributed by atoms with van der Waals surface area (Å²) in [4.78, 5) is 0. The van der Waals surface area contributed by atoms with Crippen molar-refractivity contribution < 1.29 is 9.47 Å². The number of aryl methyl sites for hydroxylation is 1. The molecule has 0 saturated heterocycles. The molecule has 0 radical (unpaired) electrons. The molecule has 1 aromatic heterocycles. The van der Waals surface area contributed by atoms with Crippen LogP contribution in [0.3, 0.4) is 0 Å². The summed E-state index contributed by atoms with van der Waals surface area (Å²) < 4.78 is 12.9. The SMILES string of the molecule is CCNCc1ccc(OC)c(OCc2nncn2C)c1. The van der Waals surface area contributed by atoms with Crippen LogP contribution in [0.1, 0.15) is 18.3 Å². The third kappa shape index (κ3) is 3.48. The van der Waals surface area contributed by atoms with E-state index in [0.29, 0.717) is 18.1 Å². The van der Waals surface area contributed by atoms with Crippen molar-refractivity contribution in [2.75, 3.05) is 13.7 Å². The Bertz CT molecular complexity index is 554. The van der Waals surface area contributed by atoms with Crippen molar-refractivity contribution in [1.82, 2.24) is 20.1 Å². The number of nitrogens with zero attached hydrogens (tertiary/aromatic N) is 3. The Morgan fingerprint density at radius 3 is 2.80 bits per heavy atom. The number of ether oxygens (including phenoxy) is 2. The van der Waals surface area contributed by atoms with Gasteiger partial charge in [0.15, 0.2) is 17.3 Å². The molecule has 0 bridgehead atoms. The Balaban J connectivity index is 2.09. The minimum Gasteiger partial charge on any atom is -0.493 e. The van der Waals surface area contributed by atoms with Gasteiger partial charge in [-0.2, -0.15) is 0 Å². The molecule has 0 aliphatic carbocycles. The molecule has 0 atom stereocenters. The summed E-state index contributed by atoms with van der Waals surface area (Å²) in [6.07, 6.45) is 1.65. The van der Waals surface area contributed by atoms with Crippen LogP contribution >= 0.6 is 0 Å². The fraction of sp³-hybridized carbons (Fsp3) is 0.429. The fourth-order valence-corrected chi connectivity index (χ4v) is 1.79. The molecule has 6 heteroatoms. The lowest BCUT2D eigenvalue weighted by atomic mass is 10.2. The summed E-state index contributed by atoms with van der Waals surface area (Å²) in [7, 11) is 3.52. The molecule has 20 heavy (non-hydrogen) atoms. The second kappa shape index (κ2) is 6.91. The zero-order chi connectivity index (χ0) is 14.4. The maximum absolute atomic E-state index is 5.80. The molecule has 6 nitrogen and oxygen atoms in total. The average Bonchev–Trinajstić information content (AvgIpc) is 2.88. The fourth-order valence-electron chi connectivity index (χ4n) is 1.79. The first-order valence-corrected chi connectivity index (χ1v) is 6.58. The van der Waals surface area contributed by atoms with Gasteiger partial charge in [-0.15, -0.1) is 10.2 Å². The highest BCUT2D eigenvalue weighted by molar-refractivity contribution is 5.43. The number of hydrogen-bond acceptors (Lipinski definition) is 5. The molecule has 0 aliphatic rings. The second-order valence-electron chi connectivity index (χ2n) is 4.41. The van der Waals surface area contributed by atoms with Gasteiger partial charge in [-0.1, -0.05) is 13.0 Å². The molecular formula is C14H20N4O2. The maximum atomic E-state index is 5.80. The molecule has 0 spiro atoms. The summed E-state index contributed by atoms with van der Waals surface area (Å²) >= 11 is 0. The van der Waals surface area contributed by atoms with E-state index in [-0.39, 0.29) is 0 Å². The van der Waals surface area contributed by atoms with Crippen molar-refractivity contribution in [3.8, 4) is 11.5 Å². The summed E-state index contributed by atoms with van der Waals surface area (Å²) in [5.41, 5.74) is 1.15. The van der Waals surface area contributed by atoms with Gasteiger partial charge in [0.25, 0.3) is 0 Å². The lowest BCUT2D eigenvalue weighted by molar-refractivity contribution is 0.272. The third-order valence-electron chi connectivity index (χ3n) is 2.97. The molecule has 0 saturated carbocycles. The topological polar surface area (TPSA) is 61.2 Å². The van der Waals surface area contributed by atoms with E-state index in [1.165, 1.54) is 0 Å². The smallest absolute Gasteiger partial charge is 0.170 e. The monoisotopic (exact) mass is 276 g/mol. The zero-order valence-electron chi connectivity index (χ0n) is 12.1. The van der Waals surface area contributed by atoms with Gasteiger partial charge in [-0.05, 0) is 24.2 Å². The summed E-state index contributed by atoms with van der Waals surface area (Å²) in [6.45, 7) is 4.18. The first-order chi connectivity index (χ1) is 9.74. The van der Waals surface area contributed by atoms with Crippen molar-refractivity contribution in [3.63, 3.8) is 0 Å². The van der Waals surface area contributed by atoms with Crippen LogP contribution in [-0.4, -0.2) is 28.4 Å². The van der Waals surface area contributed by atoms with Crippen molar-refractivity contribution >= 4 is 0 Å². The molecule has 0 amide bonds. The third-order valence-corrected chi connectivity index (χ3v) is 2.97. The van der Waals surface area contributed by atoms with Gasteiger partial charge in [0.1, 0.15) is 12.9 Å². The van der Waals surface area contributed by atoms with Crippen LogP contribution in [0.15, 0.2) is 24.5 Å². The molecular weight excluding hydrogens is 256 g/mol. The first kappa shape index (κ1) is 14.3. The lowest BCUT2D eigenvalue weighted by Gasteiger charge is -2.12. The van der Waals surface area contributed by atoms with Crippen molar-refractivity contribution in [1.29, 1.82) is 0 Å². The van der Waals surface area contributed by atoms with Crippen molar-refractivity contribution in [3.05, 3.63) is 35.9 Å². The predicted octanol–water partition coefficient (Wildman–Crippen LogP) is 1.51. The van der Waals surface area contributed by atoms with Crippen LogP contribution in [0, 0.1) is 0 Å². The van der Waals surface area contributed by atoms with E-state index in [1.807, 2.05) is 29.8 Å². The van der Waals surface area contributed by atoms with E-state index in [9.17, 15) is 0 Å². The normalized spacial score (nSPS) is 10.6. The standard InChI is InChI=1S/C14H20N4O2/c1-4-15-8-11-5-6-12(19-3)13(7-11)20-9-14-17-16-10-18(14)2/h5-7,10,15H,4,8-9H2,1-3H3. The molecule has 0 aliphatic heterocycles. The van der Waals surface area contributed by atoms with Gasteiger partial charge in [0.2, 0.25) is 0 Å². The van der Waals surface area contributed by atoms with Crippen molar-refractivity contribution in [2.24, 2.45) is 7.05 Å². The summed E-state index contributed by atoms with van der Waals surface area (Å²) in [5.74, 6) is 2.20. The highest BCUT2D eigenvalue weighted by Gasteiger charge is 2.08. The number of hydrogen-bond donors (Lipinski definition) is 1. The van der Waals surface area contributed by atoms with Gasteiger partial charge < -0.3 is 19.4 Å². The van der Waals surface area contributed by atoms with Gasteiger partial charge in [-0.25, -0.2) is 0 Å². The molecule has 1 N–H and O–H groups in total. The van der Waals surface area contributed by atoms with Crippen LogP contribution in [0.25, 0.3) is 0 Å². The molecule has 0 fully saturated rings. The Kier molecular flexibility index (Phi) is 4.95. The highest BCUT2D eigenvalue weighted by Crippen LogP contribution is 2.28. The van der Waals surface area contributed by atoms with Gasteiger partial charge in [0.05, 0.1) is 7.11 Å². The molecule has 2 aromatic rings. The summed E-state index contributed by atoms with van der Waals surface area (Å²) in [5, 5.41) is 11.1. The highest BCUT2D eigenvalue weighted by atomic mass is 16.5. The van der Waals surface area contributed by atoms with E-state index >= 15 is 0 Å². The summed E-state index contributed by atoms with van der Waals surface area (Å²) in [6, 6.07) is 5.92. The van der Waals surface area contributed by atoms with Crippen LogP contribution in [0.4, 0.5) is 0 Å². The van der Waals surface area contributed by atoms with E-state index in [1.54, 1.807) is 13.4 Å². The number of aromatic nitrogens is 3. The average molecular weight is 276 g/mol. The largest absolute Gasteiger partial charge is 0.493 e. The lowest BCUT2D eigenvalue weighted by Crippen LogP contribution is -2.12. The molecule has 108 valence electrons. The van der Waals surface area contributed by atoms with Crippen LogP contribution < -0.4 is 14.8 Å². The Hall–Kier alpha value is -2.08. The zero-order valence-corrected chi connectivity index (χ0v) is 12.1. The van der Waals surface area contributed by atoms with Gasteiger partial charge >= 0.3 is 0 Å². The molecule has 2 rings (SSSR count). The Labute approximate surface area is 118 Å². The number of rotatable bonds is 7. The van der Waals surface area contributed by atoms with E-state index in [2.05, 4.69) is 22.4 Å². The van der Waals surface area contributed by atoms with E-state index in [4.69, 9.17) is 9.47 Å². The molecule has 0 unspecified atom stereocenters. The van der Waals surface area contributed by atoms with Crippen LogP contribution in [-0.2, 0) is 20.2 Å². The second-order valence-corrected chi connectivity index (χ2v) is 4.41. The quantitative estimate of drug-likeness (QED) is 0.830. The first-order valence-electron chi connectivity index (χ1n) is 6.58. The number of nitrogens with one attached hydrogen (secondary N) is 1. The van der Waals surface area contributed by atoms with Crippen LogP contribution in [0.5, 0.6) is 11.5 Å². The Morgan fingerprint density at radius 2 is 2.15 bits per heavy atom.